The maximum atomic E-state index is 13.8. The Labute approximate surface area is 120 Å². The molecule has 0 aliphatic rings. The van der Waals surface area contributed by atoms with E-state index < -0.39 is 11.1 Å². The number of anilines is 2. The molecular formula is C15H10ClFN2O. The average molecular weight is 289 g/mol. The minimum absolute atomic E-state index is 0.186. The Balaban J connectivity index is 2.46. The van der Waals surface area contributed by atoms with Crippen molar-refractivity contribution in [2.75, 3.05) is 5.32 Å². The Bertz CT molecular complexity index is 722. The third kappa shape index (κ3) is 2.95. The summed E-state index contributed by atoms with van der Waals surface area (Å²) in [5.41, 5.74) is 1.83. The Kier molecular flexibility index (Phi) is 4.02. The summed E-state index contributed by atoms with van der Waals surface area (Å²) in [7, 11) is 0. The van der Waals surface area contributed by atoms with Crippen LogP contribution < -0.4 is 5.32 Å². The normalized spacial score (nSPS) is 9.90. The smallest absolute Gasteiger partial charge is 0.254 e. The van der Waals surface area contributed by atoms with E-state index in [0.29, 0.717) is 11.3 Å². The Morgan fingerprint density at radius 3 is 2.60 bits per heavy atom. The van der Waals surface area contributed by atoms with Gasteiger partial charge < -0.3 is 5.32 Å². The molecule has 0 aliphatic heterocycles. The van der Waals surface area contributed by atoms with Gasteiger partial charge in [-0.1, -0.05) is 6.07 Å². The summed E-state index contributed by atoms with van der Waals surface area (Å²) in [6.45, 7) is 1.77. The number of benzene rings is 2. The number of nitriles is 1. The zero-order valence-corrected chi connectivity index (χ0v) is 11.3. The van der Waals surface area contributed by atoms with Crippen molar-refractivity contribution in [2.45, 2.75) is 6.92 Å². The molecule has 0 amide bonds. The molecule has 0 atom stereocenters. The standard InChI is InChI=1S/C15H10ClFN2O/c1-9-2-5-13(12(17)6-9)19-14-7-10(8-18)3-4-11(14)15(16)20/h2-7,19H,1H3. The number of hydrogen-bond donors (Lipinski definition) is 1. The first-order valence-electron chi connectivity index (χ1n) is 5.78. The van der Waals surface area contributed by atoms with Crippen molar-refractivity contribution < 1.29 is 9.18 Å². The van der Waals surface area contributed by atoms with Crippen LogP contribution in [-0.4, -0.2) is 5.24 Å². The Morgan fingerprint density at radius 2 is 2.00 bits per heavy atom. The number of aryl methyl sites for hydroxylation is 1. The van der Waals surface area contributed by atoms with Crippen LogP contribution in [0.15, 0.2) is 36.4 Å². The van der Waals surface area contributed by atoms with E-state index >= 15 is 0 Å². The number of hydrogen-bond acceptors (Lipinski definition) is 3. The molecule has 1 N–H and O–H groups in total. The average Bonchev–Trinajstić information content (AvgIpc) is 2.41. The van der Waals surface area contributed by atoms with Gasteiger partial charge in [0.15, 0.2) is 0 Å². The maximum Gasteiger partial charge on any atom is 0.254 e. The summed E-state index contributed by atoms with van der Waals surface area (Å²) >= 11 is 5.48. The van der Waals surface area contributed by atoms with Gasteiger partial charge in [0.1, 0.15) is 5.82 Å². The molecule has 20 heavy (non-hydrogen) atoms. The van der Waals surface area contributed by atoms with Crippen molar-refractivity contribution in [2.24, 2.45) is 0 Å². The Morgan fingerprint density at radius 1 is 1.25 bits per heavy atom. The molecule has 2 rings (SSSR count). The van der Waals surface area contributed by atoms with Gasteiger partial charge in [-0.05, 0) is 54.4 Å². The second-order valence-electron chi connectivity index (χ2n) is 4.25. The monoisotopic (exact) mass is 288 g/mol. The van der Waals surface area contributed by atoms with Crippen LogP contribution in [0.5, 0.6) is 0 Å². The van der Waals surface area contributed by atoms with Gasteiger partial charge in [0.25, 0.3) is 5.24 Å². The summed E-state index contributed by atoms with van der Waals surface area (Å²) in [6, 6.07) is 11.0. The summed E-state index contributed by atoms with van der Waals surface area (Å²) < 4.78 is 13.8. The van der Waals surface area contributed by atoms with Crippen molar-refractivity contribution in [3.05, 3.63) is 58.9 Å². The molecule has 2 aromatic carbocycles. The molecule has 0 aromatic heterocycles. The van der Waals surface area contributed by atoms with Gasteiger partial charge >= 0.3 is 0 Å². The van der Waals surface area contributed by atoms with Crippen molar-refractivity contribution in [1.82, 2.24) is 0 Å². The lowest BCUT2D eigenvalue weighted by Crippen LogP contribution is -2.01. The predicted octanol–water partition coefficient (Wildman–Crippen LogP) is 4.13. The zero-order chi connectivity index (χ0) is 14.7. The van der Waals surface area contributed by atoms with E-state index in [1.165, 1.54) is 24.3 Å². The minimum atomic E-state index is -0.676. The van der Waals surface area contributed by atoms with Crippen LogP contribution in [0.3, 0.4) is 0 Å². The molecule has 2 aromatic rings. The predicted molar refractivity (Wildman–Crippen MR) is 75.8 cm³/mol. The van der Waals surface area contributed by atoms with Crippen molar-refractivity contribution in [3.63, 3.8) is 0 Å². The number of halogens is 2. The van der Waals surface area contributed by atoms with Gasteiger partial charge in [-0.2, -0.15) is 5.26 Å². The van der Waals surface area contributed by atoms with E-state index in [2.05, 4.69) is 5.32 Å². The SMILES string of the molecule is Cc1ccc(Nc2cc(C#N)ccc2C(=O)Cl)c(F)c1. The lowest BCUT2D eigenvalue weighted by Gasteiger charge is -2.11. The second kappa shape index (κ2) is 5.72. The molecule has 0 bridgehead atoms. The van der Waals surface area contributed by atoms with E-state index in [1.807, 2.05) is 6.07 Å². The number of carbonyl (C=O) groups is 1. The summed E-state index contributed by atoms with van der Waals surface area (Å²) in [6.07, 6.45) is 0. The van der Waals surface area contributed by atoms with Gasteiger partial charge in [-0.15, -0.1) is 0 Å². The fraction of sp³-hybridized carbons (Fsp3) is 0.0667. The first kappa shape index (κ1) is 14.0. The van der Waals surface area contributed by atoms with Crippen LogP contribution in [0.25, 0.3) is 0 Å². The number of carbonyl (C=O) groups excluding carboxylic acids is 1. The molecule has 0 radical (unpaired) electrons. The minimum Gasteiger partial charge on any atom is -0.352 e. The number of rotatable bonds is 3. The first-order chi connectivity index (χ1) is 9.51. The quantitative estimate of drug-likeness (QED) is 0.864. The van der Waals surface area contributed by atoms with Crippen LogP contribution in [0.2, 0.25) is 0 Å². The van der Waals surface area contributed by atoms with Crippen LogP contribution in [0, 0.1) is 24.1 Å². The number of nitrogens with one attached hydrogen (secondary N) is 1. The fourth-order valence-corrected chi connectivity index (χ4v) is 1.92. The van der Waals surface area contributed by atoms with Gasteiger partial charge in [0.2, 0.25) is 0 Å². The van der Waals surface area contributed by atoms with E-state index in [1.54, 1.807) is 19.1 Å². The lowest BCUT2D eigenvalue weighted by atomic mass is 10.1. The molecule has 5 heteroatoms. The highest BCUT2D eigenvalue weighted by molar-refractivity contribution is 6.68. The van der Waals surface area contributed by atoms with Crippen molar-refractivity contribution >= 4 is 28.2 Å². The molecule has 3 nitrogen and oxygen atoms in total. The van der Waals surface area contributed by atoms with E-state index in [4.69, 9.17) is 16.9 Å². The van der Waals surface area contributed by atoms with Crippen LogP contribution >= 0.6 is 11.6 Å². The molecule has 0 aliphatic carbocycles. The van der Waals surface area contributed by atoms with E-state index in [-0.39, 0.29) is 11.3 Å². The molecule has 0 saturated heterocycles. The highest BCUT2D eigenvalue weighted by atomic mass is 35.5. The van der Waals surface area contributed by atoms with Crippen molar-refractivity contribution in [3.8, 4) is 6.07 Å². The zero-order valence-electron chi connectivity index (χ0n) is 10.6. The molecule has 0 saturated carbocycles. The van der Waals surface area contributed by atoms with Crippen LogP contribution in [-0.2, 0) is 0 Å². The van der Waals surface area contributed by atoms with Gasteiger partial charge in [0, 0.05) is 0 Å². The second-order valence-corrected chi connectivity index (χ2v) is 4.60. The maximum absolute atomic E-state index is 13.8. The summed E-state index contributed by atoms with van der Waals surface area (Å²) in [5, 5.41) is 11.0. The first-order valence-corrected chi connectivity index (χ1v) is 6.16. The highest BCUT2D eigenvalue weighted by Crippen LogP contribution is 2.26. The summed E-state index contributed by atoms with van der Waals surface area (Å²) in [4.78, 5) is 11.3. The molecule has 0 fully saturated rings. The van der Waals surface area contributed by atoms with Gasteiger partial charge in [-0.25, -0.2) is 4.39 Å². The summed E-state index contributed by atoms with van der Waals surface area (Å²) in [5.74, 6) is -0.444. The van der Waals surface area contributed by atoms with Crippen LogP contribution in [0.4, 0.5) is 15.8 Å². The molecular weight excluding hydrogens is 279 g/mol. The molecule has 100 valence electrons. The molecule has 0 unspecified atom stereocenters. The van der Waals surface area contributed by atoms with Gasteiger partial charge in [-0.3, -0.25) is 4.79 Å². The van der Waals surface area contributed by atoms with E-state index in [9.17, 15) is 9.18 Å². The van der Waals surface area contributed by atoms with Gasteiger partial charge in [0.05, 0.1) is 28.6 Å². The number of nitrogens with zero attached hydrogens (tertiary/aromatic N) is 1. The third-order valence-corrected chi connectivity index (χ3v) is 2.96. The van der Waals surface area contributed by atoms with E-state index in [0.717, 1.165) is 5.56 Å². The Hall–Kier alpha value is -2.38. The highest BCUT2D eigenvalue weighted by Gasteiger charge is 2.12. The van der Waals surface area contributed by atoms with Crippen LogP contribution in [0.1, 0.15) is 21.5 Å². The third-order valence-electron chi connectivity index (χ3n) is 2.75. The largest absolute Gasteiger partial charge is 0.352 e. The van der Waals surface area contributed by atoms with Crippen molar-refractivity contribution in [1.29, 1.82) is 5.26 Å². The lowest BCUT2D eigenvalue weighted by molar-refractivity contribution is 0.108. The topological polar surface area (TPSA) is 52.9 Å². The fourth-order valence-electron chi connectivity index (χ4n) is 1.76. The molecule has 0 heterocycles. The molecule has 0 spiro atoms.